The van der Waals surface area contributed by atoms with Crippen molar-refractivity contribution in [3.8, 4) is 11.4 Å². The zero-order valence-corrected chi connectivity index (χ0v) is 43.6. The van der Waals surface area contributed by atoms with Crippen LogP contribution in [0.15, 0.2) is 47.3 Å². The third-order valence-corrected chi connectivity index (χ3v) is 15.2. The average molecular weight is 1080 g/mol. The van der Waals surface area contributed by atoms with Crippen molar-refractivity contribution in [1.82, 2.24) is 35.7 Å². The standard InChI is InChI=1S/C56H62FN7O14/c1-4-56(77)37-22-42-51-35(27-64(42)54(75)36(37)28-78-55(56)76)50-39(15-14-34-30(3)38(57)23-41(62-51)49(34)50)60-46(69)26-59-52(73)32(20-31-11-7-5-8-12-31)21-33(65)25-58-44(67)17-16-43(66)40(24-48(71)72)61-45(68)13-9-6-10-18-63-47(70)19-29(2)53(63)74/h5,7-8,11-12,22-23,29,32,39-40,77H,4,6,9-10,13-21,24-28H2,1-3H3,(H,58,67)(H,59,73)(H,60,69)(H,61,68)(H,71,72)/t29?,32-,39+,40+,56+/m1/s1. The number of likely N-dealkylation sites (tertiary alicyclic amines) is 1. The van der Waals surface area contributed by atoms with Gasteiger partial charge in [-0.05, 0) is 73.8 Å². The zero-order chi connectivity index (χ0) is 56.2. The quantitative estimate of drug-likeness (QED) is 0.0294. The minimum absolute atomic E-state index is 0.0204. The van der Waals surface area contributed by atoms with Gasteiger partial charge in [-0.2, -0.15) is 0 Å². The number of rotatable bonds is 24. The first kappa shape index (κ1) is 56.2. The molecule has 5 atom stereocenters. The van der Waals surface area contributed by atoms with Crippen molar-refractivity contribution in [2.75, 3.05) is 19.6 Å². The summed E-state index contributed by atoms with van der Waals surface area (Å²) in [6.45, 7) is 3.83. The summed E-state index contributed by atoms with van der Waals surface area (Å²) >= 11 is 0. The molecule has 8 rings (SSSR count). The maximum atomic E-state index is 15.5. The Bertz CT molecular complexity index is 3210. The van der Waals surface area contributed by atoms with Gasteiger partial charge in [0.1, 0.15) is 12.4 Å². The molecule has 6 amide bonds. The summed E-state index contributed by atoms with van der Waals surface area (Å²) in [6.07, 6.45) is 0.193. The Morgan fingerprint density at radius 2 is 1.65 bits per heavy atom. The molecule has 1 fully saturated rings. The van der Waals surface area contributed by atoms with Crippen molar-refractivity contribution < 1.29 is 67.3 Å². The number of carboxylic acids is 1. The molecule has 0 spiro atoms. The molecule has 2 aromatic carbocycles. The van der Waals surface area contributed by atoms with E-state index in [1.807, 2.05) is 0 Å². The number of fused-ring (bicyclic) bond motifs is 5. The number of carboxylic acid groups (broad SMARTS) is 1. The van der Waals surface area contributed by atoms with Crippen molar-refractivity contribution in [2.45, 2.75) is 135 Å². The van der Waals surface area contributed by atoms with E-state index in [2.05, 4.69) is 21.3 Å². The second-order valence-corrected chi connectivity index (χ2v) is 20.6. The number of ketones is 2. The van der Waals surface area contributed by atoms with E-state index in [-0.39, 0.29) is 86.2 Å². The highest BCUT2D eigenvalue weighted by Gasteiger charge is 2.46. The van der Waals surface area contributed by atoms with E-state index in [1.54, 1.807) is 57.2 Å². The Kier molecular flexibility index (Phi) is 17.1. The van der Waals surface area contributed by atoms with Crippen LogP contribution in [-0.2, 0) is 84.3 Å². The molecule has 78 heavy (non-hydrogen) atoms. The van der Waals surface area contributed by atoms with Crippen molar-refractivity contribution in [1.29, 1.82) is 0 Å². The predicted octanol–water partition coefficient (Wildman–Crippen LogP) is 2.95. The summed E-state index contributed by atoms with van der Waals surface area (Å²) in [6, 6.07) is 9.57. The molecule has 5 heterocycles. The molecule has 3 aliphatic heterocycles. The second-order valence-electron chi connectivity index (χ2n) is 20.6. The second kappa shape index (κ2) is 23.7. The number of aromatic nitrogens is 2. The Morgan fingerprint density at radius 3 is 2.36 bits per heavy atom. The lowest BCUT2D eigenvalue weighted by atomic mass is 9.81. The molecule has 1 aliphatic carbocycles. The molecule has 4 aliphatic rings. The molecular formula is C56H62FN7O14. The predicted molar refractivity (Wildman–Crippen MR) is 275 cm³/mol. The normalized spacial score (nSPS) is 18.8. The van der Waals surface area contributed by atoms with Crippen LogP contribution in [-0.4, -0.2) is 109 Å². The molecule has 21 nitrogen and oxygen atoms in total. The molecule has 0 bridgehead atoms. The van der Waals surface area contributed by atoms with E-state index in [9.17, 15) is 63.0 Å². The number of unbranched alkanes of at least 4 members (excludes halogenated alkanes) is 2. The molecule has 412 valence electrons. The van der Waals surface area contributed by atoms with Gasteiger partial charge in [0.15, 0.2) is 17.2 Å². The van der Waals surface area contributed by atoms with E-state index in [0.717, 1.165) is 0 Å². The molecule has 2 aromatic heterocycles. The molecule has 4 aromatic rings. The topological polar surface area (TPSA) is 307 Å². The molecule has 0 radical (unpaired) electrons. The van der Waals surface area contributed by atoms with E-state index in [0.29, 0.717) is 76.7 Å². The Morgan fingerprint density at radius 1 is 0.897 bits per heavy atom. The number of aliphatic carboxylic acids is 1. The lowest BCUT2D eigenvalue weighted by molar-refractivity contribution is -0.172. The SMILES string of the molecule is CC[C@@]1(O)C(=O)OCc2c1cc1n(c2=O)Cc2c-1nc1cc(F)c(C)c3c1c2[C@@H](NC(=O)CNC(=O)[C@@H](CC(=O)CNC(=O)CCC(=O)[C@H](CC(=O)O)NC(=O)CCCCCN1C(=O)CC(C)C1=O)Cc1ccccc1)CC3. The van der Waals surface area contributed by atoms with Gasteiger partial charge in [-0.25, -0.2) is 14.2 Å². The maximum Gasteiger partial charge on any atom is 0.343 e. The number of esters is 1. The molecule has 1 saturated heterocycles. The molecule has 6 N–H and O–H groups in total. The number of carbonyl (C=O) groups excluding carboxylic acids is 9. The van der Waals surface area contributed by atoms with E-state index in [1.165, 1.54) is 15.5 Å². The summed E-state index contributed by atoms with van der Waals surface area (Å²) in [5.41, 5.74) is 1.61. The van der Waals surface area contributed by atoms with Gasteiger partial charge in [-0.1, -0.05) is 50.6 Å². The maximum absolute atomic E-state index is 15.5. The molecule has 22 heteroatoms. The van der Waals surface area contributed by atoms with Crippen LogP contribution in [0.1, 0.15) is 129 Å². The Hall–Kier alpha value is -8.01. The number of pyridine rings is 2. The first-order valence-electron chi connectivity index (χ1n) is 26.3. The first-order valence-corrected chi connectivity index (χ1v) is 26.3. The number of nitrogens with one attached hydrogen (secondary N) is 4. The molecular weight excluding hydrogens is 1010 g/mol. The lowest BCUT2D eigenvalue weighted by Crippen LogP contribution is -2.44. The zero-order valence-electron chi connectivity index (χ0n) is 43.6. The third kappa shape index (κ3) is 11.9. The van der Waals surface area contributed by atoms with Gasteiger partial charge < -0.3 is 40.8 Å². The molecule has 0 saturated carbocycles. The lowest BCUT2D eigenvalue weighted by Gasteiger charge is -2.31. The fourth-order valence-electron chi connectivity index (χ4n) is 11.0. The fraction of sp³-hybridized carbons (Fsp3) is 0.464. The van der Waals surface area contributed by atoms with Crippen LogP contribution >= 0.6 is 0 Å². The number of benzene rings is 2. The van der Waals surface area contributed by atoms with Gasteiger partial charge in [0, 0.05) is 73.1 Å². The average Bonchev–Trinajstić information content (AvgIpc) is 4.13. The minimum Gasteiger partial charge on any atom is -0.481 e. The van der Waals surface area contributed by atoms with Gasteiger partial charge in [0.05, 0.1) is 60.6 Å². The van der Waals surface area contributed by atoms with Crippen LogP contribution in [0, 0.1) is 24.6 Å². The van der Waals surface area contributed by atoms with Crippen molar-refractivity contribution in [3.63, 3.8) is 0 Å². The summed E-state index contributed by atoms with van der Waals surface area (Å²) in [4.78, 5) is 148. The van der Waals surface area contributed by atoms with Crippen LogP contribution in [0.3, 0.4) is 0 Å². The van der Waals surface area contributed by atoms with Gasteiger partial charge in [0.25, 0.3) is 5.56 Å². The summed E-state index contributed by atoms with van der Waals surface area (Å²) in [7, 11) is 0. The van der Waals surface area contributed by atoms with Gasteiger partial charge in [-0.15, -0.1) is 0 Å². The number of hydrogen-bond acceptors (Lipinski definition) is 14. The summed E-state index contributed by atoms with van der Waals surface area (Å²) in [5, 5.41) is 32.0. The fourth-order valence-corrected chi connectivity index (χ4v) is 11.0. The van der Waals surface area contributed by atoms with Crippen LogP contribution in [0.4, 0.5) is 4.39 Å². The highest BCUT2D eigenvalue weighted by molar-refractivity contribution is 6.03. The van der Waals surface area contributed by atoms with Crippen LogP contribution < -0.4 is 26.8 Å². The van der Waals surface area contributed by atoms with Gasteiger partial charge >= 0.3 is 11.9 Å². The summed E-state index contributed by atoms with van der Waals surface area (Å²) in [5.74, 6) is -8.31. The van der Waals surface area contributed by atoms with E-state index < -0.39 is 114 Å². The number of aliphatic hydroxyl groups is 1. The number of ether oxygens (including phenoxy) is 1. The largest absolute Gasteiger partial charge is 0.481 e. The number of carbonyl (C=O) groups is 10. The first-order chi connectivity index (χ1) is 37.2. The summed E-state index contributed by atoms with van der Waals surface area (Å²) < 4.78 is 22.2. The van der Waals surface area contributed by atoms with E-state index in [4.69, 9.17) is 9.72 Å². The number of aryl methyl sites for hydroxylation is 1. The number of hydrogen-bond donors (Lipinski definition) is 6. The number of amides is 6. The minimum atomic E-state index is -2.08. The van der Waals surface area contributed by atoms with Gasteiger partial charge in [0.2, 0.25) is 35.4 Å². The van der Waals surface area contributed by atoms with Crippen molar-refractivity contribution in [3.05, 3.63) is 97.6 Å². The number of nitrogens with zero attached hydrogens (tertiary/aromatic N) is 3. The van der Waals surface area contributed by atoms with Crippen LogP contribution in [0.25, 0.3) is 22.3 Å². The van der Waals surface area contributed by atoms with Crippen molar-refractivity contribution >= 4 is 69.9 Å². The monoisotopic (exact) mass is 1080 g/mol. The number of halogens is 1. The number of imide groups is 1. The van der Waals surface area contributed by atoms with Crippen LogP contribution in [0.5, 0.6) is 0 Å². The van der Waals surface area contributed by atoms with Crippen molar-refractivity contribution in [2.24, 2.45) is 11.8 Å². The highest BCUT2D eigenvalue weighted by Crippen LogP contribution is 2.46. The number of Topliss-reactive ketones (excluding diaryl/α,β-unsaturated/α-hetero) is 2. The number of cyclic esters (lactones) is 1. The van der Waals surface area contributed by atoms with Crippen LogP contribution in [0.2, 0.25) is 0 Å². The Balaban J connectivity index is 0.869. The molecule has 1 unspecified atom stereocenters. The Labute approximate surface area is 447 Å². The third-order valence-electron chi connectivity index (χ3n) is 15.2. The van der Waals surface area contributed by atoms with E-state index >= 15 is 4.39 Å². The van der Waals surface area contributed by atoms with Gasteiger partial charge in [-0.3, -0.25) is 52.8 Å². The highest BCUT2D eigenvalue weighted by atomic mass is 19.1. The smallest absolute Gasteiger partial charge is 0.343 e.